The second kappa shape index (κ2) is 5.21. The highest BCUT2D eigenvalue weighted by Gasteiger charge is 2.44. The number of carbonyl (C=O) groups excluding carboxylic acids is 1. The molecule has 2 heterocycles. The van der Waals surface area contributed by atoms with Crippen LogP contribution in [0.25, 0.3) is 0 Å². The molecule has 0 aromatic carbocycles. The Hall–Kier alpha value is -1.35. The number of imidazole rings is 1. The zero-order chi connectivity index (χ0) is 14.2. The summed E-state index contributed by atoms with van der Waals surface area (Å²) < 4.78 is 7.96. The van der Waals surface area contributed by atoms with Gasteiger partial charge < -0.3 is 9.30 Å². The van der Waals surface area contributed by atoms with Crippen molar-refractivity contribution in [2.75, 3.05) is 6.61 Å². The molecule has 0 bridgehead atoms. The maximum atomic E-state index is 12.3. The molecule has 0 spiro atoms. The zero-order valence-electron chi connectivity index (χ0n) is 11.2. The van der Waals surface area contributed by atoms with Crippen LogP contribution in [-0.2, 0) is 17.7 Å². The lowest BCUT2D eigenvalue weighted by Gasteiger charge is -2.16. The standard InChI is InChI=1S/C14H16BrN3O2/c15-12-11(18-8-2-1-3-10(18)17-12)13(19)20-9-14(4-5-14)6-7-16/h1-6,8-9H2. The van der Waals surface area contributed by atoms with E-state index in [1.165, 1.54) is 0 Å². The maximum absolute atomic E-state index is 12.3. The van der Waals surface area contributed by atoms with E-state index in [4.69, 9.17) is 10.00 Å². The smallest absolute Gasteiger partial charge is 0.357 e. The largest absolute Gasteiger partial charge is 0.460 e. The SMILES string of the molecule is N#CCC1(COC(=O)c2c(Br)nc3n2CCCC3)CC1. The molecule has 1 saturated carbocycles. The number of nitrogens with zero attached hydrogens (tertiary/aromatic N) is 3. The van der Waals surface area contributed by atoms with E-state index in [-0.39, 0.29) is 11.4 Å². The third-order valence-electron chi connectivity index (χ3n) is 4.15. The van der Waals surface area contributed by atoms with E-state index in [9.17, 15) is 4.79 Å². The molecule has 106 valence electrons. The first-order valence-electron chi connectivity index (χ1n) is 6.94. The van der Waals surface area contributed by atoms with E-state index >= 15 is 0 Å². The van der Waals surface area contributed by atoms with Gasteiger partial charge in [-0.15, -0.1) is 0 Å². The average Bonchev–Trinajstić information content (AvgIpc) is 3.11. The minimum Gasteiger partial charge on any atom is -0.460 e. The lowest BCUT2D eigenvalue weighted by atomic mass is 10.1. The Morgan fingerprint density at radius 2 is 2.30 bits per heavy atom. The van der Waals surface area contributed by atoms with Crippen LogP contribution in [0.4, 0.5) is 0 Å². The van der Waals surface area contributed by atoms with Crippen LogP contribution >= 0.6 is 15.9 Å². The topological polar surface area (TPSA) is 67.9 Å². The second-order valence-electron chi connectivity index (χ2n) is 5.69. The molecule has 0 saturated heterocycles. The highest BCUT2D eigenvalue weighted by molar-refractivity contribution is 9.10. The molecule has 1 aromatic rings. The molecule has 0 amide bonds. The van der Waals surface area contributed by atoms with Gasteiger partial charge in [0, 0.05) is 24.8 Å². The van der Waals surface area contributed by atoms with Crippen molar-refractivity contribution in [3.8, 4) is 6.07 Å². The Morgan fingerprint density at radius 1 is 1.50 bits per heavy atom. The fraction of sp³-hybridized carbons (Fsp3) is 0.643. The molecule has 1 aliphatic carbocycles. The normalized spacial score (nSPS) is 19.0. The number of ether oxygens (including phenoxy) is 1. The summed E-state index contributed by atoms with van der Waals surface area (Å²) in [5, 5.41) is 8.78. The predicted octanol–water partition coefficient (Wildman–Crippen LogP) is 2.83. The van der Waals surface area contributed by atoms with Crippen molar-refractivity contribution in [2.24, 2.45) is 5.41 Å². The summed E-state index contributed by atoms with van der Waals surface area (Å²) in [5.41, 5.74) is 0.439. The molecular formula is C14H16BrN3O2. The van der Waals surface area contributed by atoms with Gasteiger partial charge >= 0.3 is 5.97 Å². The molecular weight excluding hydrogens is 322 g/mol. The fourth-order valence-corrected chi connectivity index (χ4v) is 3.23. The highest BCUT2D eigenvalue weighted by atomic mass is 79.9. The Labute approximate surface area is 126 Å². The monoisotopic (exact) mass is 337 g/mol. The van der Waals surface area contributed by atoms with Gasteiger partial charge in [-0.25, -0.2) is 9.78 Å². The Morgan fingerprint density at radius 3 is 3.00 bits per heavy atom. The predicted molar refractivity (Wildman–Crippen MR) is 75.0 cm³/mol. The number of hydrogen-bond acceptors (Lipinski definition) is 4. The van der Waals surface area contributed by atoms with Gasteiger partial charge in [0.1, 0.15) is 10.4 Å². The molecule has 1 aliphatic heterocycles. The minimum absolute atomic E-state index is 0.0817. The quantitative estimate of drug-likeness (QED) is 0.792. The summed E-state index contributed by atoms with van der Waals surface area (Å²) >= 11 is 3.36. The Balaban J connectivity index is 1.72. The van der Waals surface area contributed by atoms with Gasteiger partial charge in [-0.3, -0.25) is 0 Å². The third kappa shape index (κ3) is 2.47. The van der Waals surface area contributed by atoms with Gasteiger partial charge in [-0.2, -0.15) is 5.26 Å². The van der Waals surface area contributed by atoms with Gasteiger partial charge in [0.2, 0.25) is 0 Å². The van der Waals surface area contributed by atoms with Crippen molar-refractivity contribution in [1.82, 2.24) is 9.55 Å². The van der Waals surface area contributed by atoms with Crippen molar-refractivity contribution in [2.45, 2.75) is 45.1 Å². The first-order valence-corrected chi connectivity index (χ1v) is 7.73. The number of halogens is 1. The Kier molecular flexibility index (Phi) is 3.55. The molecule has 6 heteroatoms. The van der Waals surface area contributed by atoms with Crippen LogP contribution in [0.2, 0.25) is 0 Å². The number of carbonyl (C=O) groups is 1. The van der Waals surface area contributed by atoms with Gasteiger partial charge in [-0.05, 0) is 41.6 Å². The van der Waals surface area contributed by atoms with Crippen LogP contribution in [0.3, 0.4) is 0 Å². The number of esters is 1. The number of hydrogen-bond donors (Lipinski definition) is 0. The first kappa shape index (κ1) is 13.6. The van der Waals surface area contributed by atoms with Gasteiger partial charge in [0.25, 0.3) is 0 Å². The van der Waals surface area contributed by atoms with Gasteiger partial charge in [0.15, 0.2) is 5.69 Å². The number of aryl methyl sites for hydroxylation is 1. The lowest BCUT2D eigenvalue weighted by Crippen LogP contribution is -2.20. The summed E-state index contributed by atoms with van der Waals surface area (Å²) in [5.74, 6) is 0.620. The van der Waals surface area contributed by atoms with E-state index < -0.39 is 0 Å². The second-order valence-corrected chi connectivity index (χ2v) is 6.44. The summed E-state index contributed by atoms with van der Waals surface area (Å²) in [6.45, 7) is 1.16. The molecule has 0 N–H and O–H groups in total. The molecule has 0 unspecified atom stereocenters. The minimum atomic E-state index is -0.332. The van der Waals surface area contributed by atoms with E-state index in [2.05, 4.69) is 27.0 Å². The van der Waals surface area contributed by atoms with Crippen LogP contribution in [0.15, 0.2) is 4.60 Å². The maximum Gasteiger partial charge on any atom is 0.357 e. The molecule has 20 heavy (non-hydrogen) atoms. The number of fused-ring (bicyclic) bond motifs is 1. The van der Waals surface area contributed by atoms with E-state index in [1.54, 1.807) is 0 Å². The van der Waals surface area contributed by atoms with E-state index in [0.29, 0.717) is 23.3 Å². The average molecular weight is 338 g/mol. The van der Waals surface area contributed by atoms with Crippen LogP contribution in [0.1, 0.15) is 48.4 Å². The van der Waals surface area contributed by atoms with Crippen LogP contribution < -0.4 is 0 Å². The summed E-state index contributed by atoms with van der Waals surface area (Å²) in [4.78, 5) is 16.7. The van der Waals surface area contributed by atoms with Crippen molar-refractivity contribution in [3.05, 3.63) is 16.1 Å². The number of nitriles is 1. The van der Waals surface area contributed by atoms with E-state index in [0.717, 1.165) is 44.5 Å². The lowest BCUT2D eigenvalue weighted by molar-refractivity contribution is 0.0404. The van der Waals surface area contributed by atoms with Crippen molar-refractivity contribution in [3.63, 3.8) is 0 Å². The number of rotatable bonds is 4. The van der Waals surface area contributed by atoms with E-state index in [1.807, 2.05) is 4.57 Å². The van der Waals surface area contributed by atoms with Gasteiger partial charge in [0.05, 0.1) is 12.7 Å². The van der Waals surface area contributed by atoms with Crippen LogP contribution in [-0.4, -0.2) is 22.1 Å². The Bertz CT molecular complexity index is 584. The summed E-state index contributed by atoms with van der Waals surface area (Å²) in [6.07, 6.45) is 5.49. The molecule has 5 nitrogen and oxygen atoms in total. The van der Waals surface area contributed by atoms with Crippen molar-refractivity contribution < 1.29 is 9.53 Å². The molecule has 3 rings (SSSR count). The first-order chi connectivity index (χ1) is 9.65. The molecule has 0 atom stereocenters. The molecule has 0 radical (unpaired) electrons. The summed E-state index contributed by atoms with van der Waals surface area (Å²) in [7, 11) is 0. The molecule has 1 aromatic heterocycles. The zero-order valence-corrected chi connectivity index (χ0v) is 12.8. The number of aromatic nitrogens is 2. The van der Waals surface area contributed by atoms with Crippen molar-refractivity contribution in [1.29, 1.82) is 5.26 Å². The van der Waals surface area contributed by atoms with Crippen molar-refractivity contribution >= 4 is 21.9 Å². The fourth-order valence-electron chi connectivity index (χ4n) is 2.65. The summed E-state index contributed by atoms with van der Waals surface area (Å²) in [6, 6.07) is 2.17. The molecule has 2 aliphatic rings. The highest BCUT2D eigenvalue weighted by Crippen LogP contribution is 2.48. The van der Waals surface area contributed by atoms with Crippen LogP contribution in [0, 0.1) is 16.7 Å². The molecule has 1 fully saturated rings. The van der Waals surface area contributed by atoms with Crippen LogP contribution in [0.5, 0.6) is 0 Å². The third-order valence-corrected chi connectivity index (χ3v) is 4.70. The van der Waals surface area contributed by atoms with Gasteiger partial charge in [-0.1, -0.05) is 0 Å².